The van der Waals surface area contributed by atoms with Gasteiger partial charge in [-0.3, -0.25) is 9.89 Å². The van der Waals surface area contributed by atoms with Gasteiger partial charge in [0.15, 0.2) is 5.82 Å². The molecule has 1 amide bonds. The van der Waals surface area contributed by atoms with Gasteiger partial charge < -0.3 is 10.1 Å². The van der Waals surface area contributed by atoms with Crippen LogP contribution < -0.4 is 5.32 Å². The molecule has 0 aliphatic carbocycles. The molecule has 2 N–H and O–H groups in total. The number of H-pyrrole nitrogens is 1. The maximum absolute atomic E-state index is 12.3. The first-order valence-corrected chi connectivity index (χ1v) is 11.7. The molecule has 1 aromatic heterocycles. The molecule has 8 heteroatoms. The molecule has 0 spiro atoms. The van der Waals surface area contributed by atoms with Crippen LogP contribution in [0.3, 0.4) is 0 Å². The molecule has 1 fully saturated rings. The van der Waals surface area contributed by atoms with E-state index in [9.17, 15) is 4.79 Å². The molecule has 0 unspecified atom stereocenters. The van der Waals surface area contributed by atoms with E-state index in [-0.39, 0.29) is 17.8 Å². The average Bonchev–Trinajstić information content (AvgIpc) is 3.42. The van der Waals surface area contributed by atoms with Gasteiger partial charge in [-0.15, -0.1) is 5.10 Å². The summed E-state index contributed by atoms with van der Waals surface area (Å²) in [4.78, 5) is 19.1. The number of rotatable bonds is 7. The molecule has 4 rings (SSSR count). The third-order valence-corrected chi connectivity index (χ3v) is 6.77. The smallest absolute Gasteiger partial charge is 0.234 e. The second kappa shape index (κ2) is 9.68. The maximum Gasteiger partial charge on any atom is 0.234 e. The summed E-state index contributed by atoms with van der Waals surface area (Å²) in [7, 11) is 0. The minimum Gasteiger partial charge on any atom is -0.370 e. The topological polar surface area (TPSA) is 79.9 Å². The highest BCUT2D eigenvalue weighted by molar-refractivity contribution is 7.99. The summed E-state index contributed by atoms with van der Waals surface area (Å²) in [6.07, 6.45) is 2.00. The fraction of sp³-hybridized carbons (Fsp3) is 0.318. The molecular weight excluding hydrogens is 416 g/mol. The molecule has 156 valence electrons. The van der Waals surface area contributed by atoms with Crippen molar-refractivity contribution in [1.82, 2.24) is 15.2 Å². The highest BCUT2D eigenvalue weighted by Crippen LogP contribution is 2.32. The molecule has 3 aromatic rings. The van der Waals surface area contributed by atoms with Gasteiger partial charge in [0.1, 0.15) is 6.10 Å². The lowest BCUT2D eigenvalue weighted by Crippen LogP contribution is -2.14. The quantitative estimate of drug-likeness (QED) is 0.494. The molecule has 2 heterocycles. The second-order valence-corrected chi connectivity index (χ2v) is 9.29. The van der Waals surface area contributed by atoms with Crippen LogP contribution >= 0.6 is 23.5 Å². The Balaban J connectivity index is 1.28. The van der Waals surface area contributed by atoms with E-state index in [1.165, 1.54) is 27.8 Å². The molecule has 2 aromatic carbocycles. The summed E-state index contributed by atoms with van der Waals surface area (Å²) >= 11 is 3.04. The van der Waals surface area contributed by atoms with Gasteiger partial charge in [-0.05, 0) is 68.1 Å². The van der Waals surface area contributed by atoms with Gasteiger partial charge >= 0.3 is 0 Å². The van der Waals surface area contributed by atoms with E-state index in [0.717, 1.165) is 35.9 Å². The van der Waals surface area contributed by atoms with Gasteiger partial charge in [0, 0.05) is 22.1 Å². The number of benzene rings is 2. The van der Waals surface area contributed by atoms with Crippen LogP contribution in [0.1, 0.15) is 35.9 Å². The number of aryl methyl sites for hydroxylation is 2. The van der Waals surface area contributed by atoms with Crippen molar-refractivity contribution in [2.24, 2.45) is 0 Å². The zero-order chi connectivity index (χ0) is 20.9. The van der Waals surface area contributed by atoms with Crippen molar-refractivity contribution in [1.29, 1.82) is 0 Å². The average molecular weight is 441 g/mol. The summed E-state index contributed by atoms with van der Waals surface area (Å²) < 4.78 is 5.59. The number of nitrogens with one attached hydrogen (secondary N) is 2. The zero-order valence-electron chi connectivity index (χ0n) is 17.0. The Labute approximate surface area is 184 Å². The number of aromatic amines is 1. The first-order valence-electron chi connectivity index (χ1n) is 9.88. The largest absolute Gasteiger partial charge is 0.370 e. The molecule has 1 saturated heterocycles. The van der Waals surface area contributed by atoms with Crippen molar-refractivity contribution >= 4 is 35.1 Å². The first kappa shape index (κ1) is 21.0. The van der Waals surface area contributed by atoms with Crippen molar-refractivity contribution in [3.63, 3.8) is 0 Å². The van der Waals surface area contributed by atoms with E-state index >= 15 is 0 Å². The molecule has 30 heavy (non-hydrogen) atoms. The Kier molecular flexibility index (Phi) is 6.76. The first-order chi connectivity index (χ1) is 14.6. The fourth-order valence-corrected chi connectivity index (χ4v) is 4.74. The number of aromatic nitrogens is 3. The summed E-state index contributed by atoms with van der Waals surface area (Å²) in [5.41, 5.74) is 3.29. The van der Waals surface area contributed by atoms with Crippen LogP contribution in [0.4, 0.5) is 5.69 Å². The van der Waals surface area contributed by atoms with Crippen LogP contribution in [0.2, 0.25) is 0 Å². The second-order valence-electron chi connectivity index (χ2n) is 7.24. The number of anilines is 1. The van der Waals surface area contributed by atoms with Gasteiger partial charge in [-0.1, -0.05) is 35.7 Å². The highest BCUT2D eigenvalue weighted by atomic mass is 32.2. The van der Waals surface area contributed by atoms with E-state index in [0.29, 0.717) is 5.16 Å². The number of nitrogens with zero attached hydrogens (tertiary/aromatic N) is 2. The Bertz CT molecular complexity index is 1010. The third-order valence-electron chi connectivity index (χ3n) is 4.76. The minimum absolute atomic E-state index is 0.000601. The predicted molar refractivity (Wildman–Crippen MR) is 120 cm³/mol. The molecule has 0 saturated carbocycles. The van der Waals surface area contributed by atoms with Gasteiger partial charge in [0.05, 0.1) is 5.75 Å². The van der Waals surface area contributed by atoms with E-state index in [2.05, 4.69) is 52.5 Å². The lowest BCUT2D eigenvalue weighted by Gasteiger charge is -2.08. The van der Waals surface area contributed by atoms with E-state index in [1.807, 2.05) is 24.3 Å². The van der Waals surface area contributed by atoms with Crippen molar-refractivity contribution in [2.45, 2.75) is 47.7 Å². The summed E-state index contributed by atoms with van der Waals surface area (Å²) in [5.74, 6) is 0.910. The van der Waals surface area contributed by atoms with Crippen molar-refractivity contribution in [3.8, 4) is 0 Å². The number of amides is 1. The van der Waals surface area contributed by atoms with Crippen LogP contribution in [0, 0.1) is 13.8 Å². The Hall–Kier alpha value is -2.29. The molecule has 1 atom stereocenters. The molecule has 1 aliphatic rings. The Morgan fingerprint density at radius 1 is 1.23 bits per heavy atom. The molecule has 0 bridgehead atoms. The number of thioether (sulfide) groups is 1. The molecule has 0 radical (unpaired) electrons. The SMILES string of the molecule is Cc1ccc(C)c(Sc2ccc(NC(=O)CSc3n[nH]c([C@H]4CCCO4)n3)cc2)c1. The summed E-state index contributed by atoms with van der Waals surface area (Å²) in [5, 5.41) is 10.6. The predicted octanol–water partition coefficient (Wildman–Crippen LogP) is 5.16. The van der Waals surface area contributed by atoms with Gasteiger partial charge in [-0.25, -0.2) is 4.98 Å². The van der Waals surface area contributed by atoms with Crippen LogP contribution in [0.15, 0.2) is 57.4 Å². The number of hydrogen-bond acceptors (Lipinski definition) is 6. The monoisotopic (exact) mass is 440 g/mol. The number of ether oxygens (including phenoxy) is 1. The van der Waals surface area contributed by atoms with Crippen LogP contribution in [0.5, 0.6) is 0 Å². The number of hydrogen-bond donors (Lipinski definition) is 2. The van der Waals surface area contributed by atoms with Crippen LogP contribution in [0.25, 0.3) is 0 Å². The Morgan fingerprint density at radius 3 is 2.83 bits per heavy atom. The highest BCUT2D eigenvalue weighted by Gasteiger charge is 2.21. The maximum atomic E-state index is 12.3. The fourth-order valence-electron chi connectivity index (χ4n) is 3.14. The zero-order valence-corrected chi connectivity index (χ0v) is 18.6. The van der Waals surface area contributed by atoms with E-state index < -0.39 is 0 Å². The van der Waals surface area contributed by atoms with Gasteiger partial charge in [0.2, 0.25) is 11.1 Å². The molecule has 1 aliphatic heterocycles. The lowest BCUT2D eigenvalue weighted by atomic mass is 10.2. The van der Waals surface area contributed by atoms with Crippen molar-refractivity contribution in [3.05, 3.63) is 59.4 Å². The minimum atomic E-state index is -0.0848. The Morgan fingerprint density at radius 2 is 2.07 bits per heavy atom. The standard InChI is InChI=1S/C22H24N4O2S2/c1-14-5-6-15(2)19(12-14)30-17-9-7-16(8-10-17)23-20(27)13-29-22-24-21(25-26-22)18-4-3-11-28-18/h5-10,12,18H,3-4,11,13H2,1-2H3,(H,23,27)(H,24,25,26)/t18-/m1/s1. The number of carbonyl (C=O) groups is 1. The lowest BCUT2D eigenvalue weighted by molar-refractivity contribution is -0.113. The number of carbonyl (C=O) groups excluding carboxylic acids is 1. The van der Waals surface area contributed by atoms with Crippen molar-refractivity contribution in [2.75, 3.05) is 17.7 Å². The van der Waals surface area contributed by atoms with Gasteiger partial charge in [-0.2, -0.15) is 0 Å². The van der Waals surface area contributed by atoms with Gasteiger partial charge in [0.25, 0.3) is 0 Å². The van der Waals surface area contributed by atoms with Crippen LogP contribution in [-0.2, 0) is 9.53 Å². The molecular formula is C22H24N4O2S2. The normalized spacial score (nSPS) is 16.0. The van der Waals surface area contributed by atoms with E-state index in [4.69, 9.17) is 4.74 Å². The summed E-state index contributed by atoms with van der Waals surface area (Å²) in [6.45, 7) is 4.98. The summed E-state index contributed by atoms with van der Waals surface area (Å²) in [6, 6.07) is 14.4. The molecule has 6 nitrogen and oxygen atoms in total. The third kappa shape index (κ3) is 5.44. The van der Waals surface area contributed by atoms with Crippen LogP contribution in [-0.4, -0.2) is 33.4 Å². The van der Waals surface area contributed by atoms with E-state index in [1.54, 1.807) is 11.8 Å². The van der Waals surface area contributed by atoms with Crippen molar-refractivity contribution < 1.29 is 9.53 Å².